The number of nitrogens with one attached hydrogen (secondary N) is 1. The molecule has 24 heavy (non-hydrogen) atoms. The minimum atomic E-state index is -3.59. The van der Waals surface area contributed by atoms with Gasteiger partial charge in [-0.3, -0.25) is 9.69 Å². The SMILES string of the molecule is CC(=O)c1ccc(S(=O)(=O)NCC(C(C)C)N2CCOCC2)cc1. The summed E-state index contributed by atoms with van der Waals surface area (Å²) < 4.78 is 33.0. The van der Waals surface area contributed by atoms with Gasteiger partial charge in [0.15, 0.2) is 5.78 Å². The summed E-state index contributed by atoms with van der Waals surface area (Å²) in [6.07, 6.45) is 0. The van der Waals surface area contributed by atoms with Gasteiger partial charge in [0.2, 0.25) is 10.0 Å². The van der Waals surface area contributed by atoms with Crippen LogP contribution in [0.1, 0.15) is 31.1 Å². The van der Waals surface area contributed by atoms with Gasteiger partial charge < -0.3 is 4.74 Å². The highest BCUT2D eigenvalue weighted by molar-refractivity contribution is 7.89. The van der Waals surface area contributed by atoms with Crippen LogP contribution in [0.4, 0.5) is 0 Å². The molecule has 1 aliphatic rings. The van der Waals surface area contributed by atoms with Crippen molar-refractivity contribution in [3.63, 3.8) is 0 Å². The van der Waals surface area contributed by atoms with E-state index >= 15 is 0 Å². The molecule has 2 rings (SSSR count). The summed E-state index contributed by atoms with van der Waals surface area (Å²) in [5.74, 6) is 0.241. The van der Waals surface area contributed by atoms with Gasteiger partial charge in [-0.05, 0) is 25.0 Å². The average molecular weight is 354 g/mol. The second-order valence-corrected chi connectivity index (χ2v) is 8.16. The maximum Gasteiger partial charge on any atom is 0.240 e. The summed E-state index contributed by atoms with van der Waals surface area (Å²) in [5.41, 5.74) is 0.502. The number of carbonyl (C=O) groups is 1. The highest BCUT2D eigenvalue weighted by Gasteiger charge is 2.25. The Hall–Kier alpha value is -1.28. The second kappa shape index (κ2) is 8.20. The third-order valence-electron chi connectivity index (χ3n) is 4.34. The van der Waals surface area contributed by atoms with Crippen molar-refractivity contribution in [3.05, 3.63) is 29.8 Å². The molecule has 7 heteroatoms. The highest BCUT2D eigenvalue weighted by Crippen LogP contribution is 2.15. The number of rotatable bonds is 7. The number of carbonyl (C=O) groups excluding carboxylic acids is 1. The molecule has 1 heterocycles. The smallest absolute Gasteiger partial charge is 0.240 e. The molecule has 1 aromatic carbocycles. The minimum Gasteiger partial charge on any atom is -0.379 e. The molecule has 0 saturated carbocycles. The van der Waals surface area contributed by atoms with Crippen LogP contribution in [0.2, 0.25) is 0 Å². The zero-order chi connectivity index (χ0) is 17.7. The molecule has 1 aliphatic heterocycles. The molecule has 6 nitrogen and oxygen atoms in total. The molecule has 1 fully saturated rings. The molecule has 1 unspecified atom stereocenters. The van der Waals surface area contributed by atoms with Crippen LogP contribution < -0.4 is 4.72 Å². The molecule has 1 atom stereocenters. The standard InChI is InChI=1S/C17H26N2O4S/c1-13(2)17(19-8-10-23-11-9-19)12-18-24(21,22)16-6-4-15(5-7-16)14(3)20/h4-7,13,17-18H,8-12H2,1-3H3. The lowest BCUT2D eigenvalue weighted by Gasteiger charge is -2.36. The van der Waals surface area contributed by atoms with Crippen molar-refractivity contribution in [1.82, 2.24) is 9.62 Å². The summed E-state index contributed by atoms with van der Waals surface area (Å²) in [5, 5.41) is 0. The van der Waals surface area contributed by atoms with Crippen molar-refractivity contribution >= 4 is 15.8 Å². The first-order valence-corrected chi connectivity index (χ1v) is 9.72. The number of hydrogen-bond acceptors (Lipinski definition) is 5. The summed E-state index contributed by atoms with van der Waals surface area (Å²) in [6.45, 7) is 9.00. The van der Waals surface area contributed by atoms with E-state index in [-0.39, 0.29) is 16.7 Å². The van der Waals surface area contributed by atoms with Crippen LogP contribution in [0.25, 0.3) is 0 Å². The van der Waals surface area contributed by atoms with Gasteiger partial charge in [-0.1, -0.05) is 26.0 Å². The number of hydrogen-bond donors (Lipinski definition) is 1. The van der Waals surface area contributed by atoms with E-state index in [9.17, 15) is 13.2 Å². The third-order valence-corrected chi connectivity index (χ3v) is 5.78. The first-order chi connectivity index (χ1) is 11.3. The maximum absolute atomic E-state index is 12.5. The van der Waals surface area contributed by atoms with Gasteiger partial charge in [0, 0.05) is 31.2 Å². The van der Waals surface area contributed by atoms with Crippen LogP contribution >= 0.6 is 0 Å². The predicted molar refractivity (Wildman–Crippen MR) is 92.7 cm³/mol. The fourth-order valence-corrected chi connectivity index (χ4v) is 3.89. The maximum atomic E-state index is 12.5. The molecule has 1 aromatic rings. The minimum absolute atomic E-state index is 0.0842. The number of ether oxygens (including phenoxy) is 1. The van der Waals surface area contributed by atoms with Crippen LogP contribution in [0.15, 0.2) is 29.2 Å². The van der Waals surface area contributed by atoms with Crippen LogP contribution in [0, 0.1) is 5.92 Å². The predicted octanol–water partition coefficient (Wildman–Crippen LogP) is 1.52. The summed E-state index contributed by atoms with van der Waals surface area (Å²) >= 11 is 0. The van der Waals surface area contributed by atoms with E-state index in [1.807, 2.05) is 0 Å². The molecule has 0 aromatic heterocycles. The molecule has 1 saturated heterocycles. The van der Waals surface area contributed by atoms with Crippen LogP contribution in [-0.4, -0.2) is 58.0 Å². The molecule has 0 radical (unpaired) electrons. The van der Waals surface area contributed by atoms with Crippen LogP contribution in [0.5, 0.6) is 0 Å². The lowest BCUT2D eigenvalue weighted by molar-refractivity contribution is 0.00776. The van der Waals surface area contributed by atoms with E-state index in [2.05, 4.69) is 23.5 Å². The zero-order valence-electron chi connectivity index (χ0n) is 14.5. The molecular weight excluding hydrogens is 328 g/mol. The first-order valence-electron chi connectivity index (χ1n) is 8.23. The number of benzene rings is 1. The summed E-state index contributed by atoms with van der Waals surface area (Å²) in [4.78, 5) is 13.7. The van der Waals surface area contributed by atoms with E-state index in [0.717, 1.165) is 13.1 Å². The second-order valence-electron chi connectivity index (χ2n) is 6.39. The van der Waals surface area contributed by atoms with Gasteiger partial charge >= 0.3 is 0 Å². The highest BCUT2D eigenvalue weighted by atomic mass is 32.2. The zero-order valence-corrected chi connectivity index (χ0v) is 15.3. The van der Waals surface area contributed by atoms with Gasteiger partial charge in [0.25, 0.3) is 0 Å². The molecular formula is C17H26N2O4S. The van der Waals surface area contributed by atoms with Gasteiger partial charge in [0.05, 0.1) is 18.1 Å². The summed E-state index contributed by atoms with van der Waals surface area (Å²) in [6, 6.07) is 6.15. The van der Waals surface area contributed by atoms with E-state index < -0.39 is 10.0 Å². The van der Waals surface area contributed by atoms with Gasteiger partial charge in [-0.15, -0.1) is 0 Å². The lowest BCUT2D eigenvalue weighted by Crippen LogP contribution is -2.51. The van der Waals surface area contributed by atoms with Crippen LogP contribution in [-0.2, 0) is 14.8 Å². The van der Waals surface area contributed by atoms with E-state index in [1.165, 1.54) is 19.1 Å². The Morgan fingerprint density at radius 2 is 1.79 bits per heavy atom. The molecule has 0 aliphatic carbocycles. The Morgan fingerprint density at radius 3 is 2.29 bits per heavy atom. The Bertz CT molecular complexity index is 650. The van der Waals surface area contributed by atoms with Crippen molar-refractivity contribution in [2.75, 3.05) is 32.8 Å². The largest absolute Gasteiger partial charge is 0.379 e. The molecule has 0 bridgehead atoms. The molecule has 0 amide bonds. The molecule has 134 valence electrons. The fraction of sp³-hybridized carbons (Fsp3) is 0.588. The molecule has 0 spiro atoms. The van der Waals surface area contributed by atoms with Crippen molar-refractivity contribution < 1.29 is 17.9 Å². The topological polar surface area (TPSA) is 75.7 Å². The number of morpholine rings is 1. The third kappa shape index (κ3) is 4.86. The van der Waals surface area contributed by atoms with Gasteiger partial charge in [0.1, 0.15) is 0 Å². The normalized spacial score (nSPS) is 17.8. The van der Waals surface area contributed by atoms with Crippen molar-refractivity contribution in [2.24, 2.45) is 5.92 Å². The quantitative estimate of drug-likeness (QED) is 0.752. The van der Waals surface area contributed by atoms with E-state index in [4.69, 9.17) is 4.74 Å². The van der Waals surface area contributed by atoms with Crippen LogP contribution in [0.3, 0.4) is 0 Å². The Balaban J connectivity index is 2.05. The van der Waals surface area contributed by atoms with Crippen molar-refractivity contribution in [3.8, 4) is 0 Å². The van der Waals surface area contributed by atoms with E-state index in [0.29, 0.717) is 31.2 Å². The Kier molecular flexibility index (Phi) is 6.51. The monoisotopic (exact) mass is 354 g/mol. The lowest BCUT2D eigenvalue weighted by atomic mass is 10.0. The number of ketones is 1. The average Bonchev–Trinajstić information content (AvgIpc) is 2.55. The number of nitrogens with zero attached hydrogens (tertiary/aromatic N) is 1. The van der Waals surface area contributed by atoms with Gasteiger partial charge in [-0.25, -0.2) is 13.1 Å². The number of Topliss-reactive ketones (excluding diaryl/α,β-unsaturated/α-hetero) is 1. The number of sulfonamides is 1. The fourth-order valence-electron chi connectivity index (χ4n) is 2.84. The van der Waals surface area contributed by atoms with Gasteiger partial charge in [-0.2, -0.15) is 0 Å². The Morgan fingerprint density at radius 1 is 1.21 bits per heavy atom. The summed E-state index contributed by atoms with van der Waals surface area (Å²) in [7, 11) is -3.59. The van der Waals surface area contributed by atoms with Crippen molar-refractivity contribution in [1.29, 1.82) is 0 Å². The first kappa shape index (κ1) is 19.1. The molecule has 1 N–H and O–H groups in total. The van der Waals surface area contributed by atoms with E-state index in [1.54, 1.807) is 12.1 Å². The van der Waals surface area contributed by atoms with Crippen molar-refractivity contribution in [2.45, 2.75) is 31.7 Å². The Labute approximate surface area is 144 Å².